The van der Waals surface area contributed by atoms with Crippen molar-refractivity contribution in [1.82, 2.24) is 20.1 Å². The van der Waals surface area contributed by atoms with Crippen LogP contribution in [-0.4, -0.2) is 64.2 Å². The van der Waals surface area contributed by atoms with Gasteiger partial charge in [-0.25, -0.2) is 4.79 Å². The van der Waals surface area contributed by atoms with Crippen molar-refractivity contribution >= 4 is 16.9 Å². The van der Waals surface area contributed by atoms with Gasteiger partial charge in [0, 0.05) is 54.2 Å². The second-order valence-corrected chi connectivity index (χ2v) is 8.03. The zero-order valence-corrected chi connectivity index (χ0v) is 17.2. The lowest BCUT2D eigenvalue weighted by Crippen LogP contribution is -2.57. The normalized spacial score (nSPS) is 24.2. The van der Waals surface area contributed by atoms with E-state index in [0.29, 0.717) is 12.0 Å². The first-order chi connectivity index (χ1) is 13.6. The minimum atomic E-state index is 0.0448. The van der Waals surface area contributed by atoms with Crippen molar-refractivity contribution in [2.45, 2.75) is 58.2 Å². The van der Waals surface area contributed by atoms with E-state index in [2.05, 4.69) is 40.3 Å². The maximum atomic E-state index is 12.6. The van der Waals surface area contributed by atoms with Gasteiger partial charge in [-0.05, 0) is 50.4 Å². The Kier molecular flexibility index (Phi) is 5.34. The molecule has 0 unspecified atom stereocenters. The number of aliphatic hydroxyl groups is 1. The number of aromatic nitrogens is 1. The molecule has 2 amide bonds. The number of piperidine rings is 1. The Balaban J connectivity index is 1.66. The molecule has 4 rings (SSSR count). The number of aliphatic hydroxyl groups excluding tert-OH is 1. The van der Waals surface area contributed by atoms with Crippen LogP contribution in [0.15, 0.2) is 18.2 Å². The van der Waals surface area contributed by atoms with Crippen molar-refractivity contribution in [3.8, 4) is 0 Å². The van der Waals surface area contributed by atoms with Crippen molar-refractivity contribution in [1.29, 1.82) is 0 Å². The molecule has 2 aromatic rings. The maximum absolute atomic E-state index is 12.6. The Bertz CT molecular complexity index is 858. The highest BCUT2D eigenvalue weighted by molar-refractivity contribution is 5.89. The summed E-state index contributed by atoms with van der Waals surface area (Å²) in [5.41, 5.74) is 4.71. The molecule has 1 aromatic heterocycles. The smallest absolute Gasteiger partial charge is 0.317 e. The molecule has 3 N–H and O–H groups in total. The molecular formula is C22H32N4O2. The minimum Gasteiger partial charge on any atom is -0.390 e. The maximum Gasteiger partial charge on any atom is 0.317 e. The molecule has 2 heterocycles. The molecule has 0 bridgehead atoms. The summed E-state index contributed by atoms with van der Waals surface area (Å²) in [5.74, 6) is 0.397. The Morgan fingerprint density at radius 1 is 1.32 bits per heavy atom. The Morgan fingerprint density at radius 2 is 2.11 bits per heavy atom. The SMILES string of the molecule is CCN(CC)C(=O)N[C@H]1C[C@@H]2c3cccc4[nH]c(CO)c(c34)C[C@H]2N(CC)C1. The molecule has 6 heteroatoms. The van der Waals surface area contributed by atoms with E-state index in [9.17, 15) is 9.90 Å². The highest BCUT2D eigenvalue weighted by Crippen LogP contribution is 2.44. The fraction of sp³-hybridized carbons (Fsp3) is 0.591. The topological polar surface area (TPSA) is 71.6 Å². The highest BCUT2D eigenvalue weighted by Gasteiger charge is 2.41. The summed E-state index contributed by atoms with van der Waals surface area (Å²) in [6, 6.07) is 7.06. The molecule has 152 valence electrons. The molecule has 1 fully saturated rings. The lowest BCUT2D eigenvalue weighted by Gasteiger charge is -2.47. The van der Waals surface area contributed by atoms with Gasteiger partial charge in [0.1, 0.15) is 0 Å². The number of carbonyl (C=O) groups is 1. The summed E-state index contributed by atoms with van der Waals surface area (Å²) < 4.78 is 0. The number of hydrogen-bond acceptors (Lipinski definition) is 3. The predicted molar refractivity (Wildman–Crippen MR) is 112 cm³/mol. The summed E-state index contributed by atoms with van der Waals surface area (Å²) in [6.07, 6.45) is 1.93. The number of urea groups is 1. The van der Waals surface area contributed by atoms with Crippen LogP contribution >= 0.6 is 0 Å². The lowest BCUT2D eigenvalue weighted by atomic mass is 9.73. The first-order valence-corrected chi connectivity index (χ1v) is 10.6. The van der Waals surface area contributed by atoms with Gasteiger partial charge in [-0.2, -0.15) is 0 Å². The number of likely N-dealkylation sites (N-methyl/N-ethyl adjacent to an activating group) is 1. The summed E-state index contributed by atoms with van der Waals surface area (Å²) >= 11 is 0. The van der Waals surface area contributed by atoms with Crippen LogP contribution in [-0.2, 0) is 13.0 Å². The van der Waals surface area contributed by atoms with E-state index in [0.717, 1.165) is 50.2 Å². The number of likely N-dealkylation sites (tertiary alicyclic amines) is 1. The molecule has 2 aliphatic rings. The molecule has 0 spiro atoms. The van der Waals surface area contributed by atoms with E-state index in [1.165, 1.54) is 16.5 Å². The average Bonchev–Trinajstić information content (AvgIpc) is 3.08. The Morgan fingerprint density at radius 3 is 2.79 bits per heavy atom. The highest BCUT2D eigenvalue weighted by atomic mass is 16.3. The molecule has 3 atom stereocenters. The second-order valence-electron chi connectivity index (χ2n) is 8.03. The van der Waals surface area contributed by atoms with E-state index in [1.807, 2.05) is 18.7 Å². The van der Waals surface area contributed by atoms with E-state index < -0.39 is 0 Å². The van der Waals surface area contributed by atoms with Gasteiger partial charge in [-0.15, -0.1) is 0 Å². The number of amides is 2. The van der Waals surface area contributed by atoms with Crippen molar-refractivity contribution < 1.29 is 9.90 Å². The Hall–Kier alpha value is -2.05. The molecule has 28 heavy (non-hydrogen) atoms. The van der Waals surface area contributed by atoms with Crippen LogP contribution in [0, 0.1) is 0 Å². The summed E-state index contributed by atoms with van der Waals surface area (Å²) in [7, 11) is 0. The molecule has 1 aliphatic carbocycles. The van der Waals surface area contributed by atoms with Crippen LogP contribution in [0.25, 0.3) is 10.9 Å². The molecule has 1 saturated heterocycles. The number of benzene rings is 1. The molecule has 6 nitrogen and oxygen atoms in total. The number of rotatable bonds is 5. The summed E-state index contributed by atoms with van der Waals surface area (Å²) in [4.78, 5) is 20.4. The number of carbonyl (C=O) groups excluding carboxylic acids is 1. The lowest BCUT2D eigenvalue weighted by molar-refractivity contribution is 0.103. The van der Waals surface area contributed by atoms with E-state index in [4.69, 9.17) is 0 Å². The van der Waals surface area contributed by atoms with Gasteiger partial charge in [-0.3, -0.25) is 4.90 Å². The van der Waals surface area contributed by atoms with Crippen LogP contribution < -0.4 is 5.32 Å². The van der Waals surface area contributed by atoms with E-state index in [1.54, 1.807) is 0 Å². The minimum absolute atomic E-state index is 0.0448. The number of aromatic amines is 1. The number of hydrogen-bond donors (Lipinski definition) is 3. The number of fused-ring (bicyclic) bond motifs is 2. The molecule has 0 radical (unpaired) electrons. The standard InChI is InChI=1S/C22H32N4O2/c1-4-25(5-2)22(28)23-14-10-16-15-8-7-9-18-21(15)17(19(13-27)24-18)11-20(16)26(6-3)12-14/h7-9,14,16,20,24,27H,4-6,10-13H2,1-3H3,(H,23,28)/t14-,16+,20+/m0/s1. The molecule has 0 saturated carbocycles. The van der Waals surface area contributed by atoms with Gasteiger partial charge in [0.2, 0.25) is 0 Å². The first-order valence-electron chi connectivity index (χ1n) is 10.6. The molecular weight excluding hydrogens is 352 g/mol. The number of nitrogens with one attached hydrogen (secondary N) is 2. The largest absolute Gasteiger partial charge is 0.390 e. The fourth-order valence-corrected chi connectivity index (χ4v) is 5.34. The Labute approximate surface area is 166 Å². The molecule has 1 aliphatic heterocycles. The zero-order valence-electron chi connectivity index (χ0n) is 17.2. The van der Waals surface area contributed by atoms with Crippen LogP contribution in [0.3, 0.4) is 0 Å². The van der Waals surface area contributed by atoms with Crippen molar-refractivity contribution in [2.75, 3.05) is 26.2 Å². The number of nitrogens with zero attached hydrogens (tertiary/aromatic N) is 2. The second kappa shape index (κ2) is 7.76. The monoisotopic (exact) mass is 384 g/mol. The van der Waals surface area contributed by atoms with Gasteiger partial charge < -0.3 is 20.3 Å². The number of H-pyrrole nitrogens is 1. The van der Waals surface area contributed by atoms with Gasteiger partial charge in [-0.1, -0.05) is 19.1 Å². The predicted octanol–water partition coefficient (Wildman–Crippen LogP) is 2.81. The third-order valence-electron chi connectivity index (χ3n) is 6.73. The summed E-state index contributed by atoms with van der Waals surface area (Å²) in [5, 5.41) is 14.4. The van der Waals surface area contributed by atoms with Gasteiger partial charge >= 0.3 is 6.03 Å². The van der Waals surface area contributed by atoms with E-state index in [-0.39, 0.29) is 18.7 Å². The van der Waals surface area contributed by atoms with Crippen LogP contribution in [0.5, 0.6) is 0 Å². The average molecular weight is 385 g/mol. The van der Waals surface area contributed by atoms with Gasteiger partial charge in [0.05, 0.1) is 6.61 Å². The quantitative estimate of drug-likeness (QED) is 0.742. The van der Waals surface area contributed by atoms with Crippen molar-refractivity contribution in [2.24, 2.45) is 0 Å². The van der Waals surface area contributed by atoms with Crippen LogP contribution in [0.4, 0.5) is 4.79 Å². The zero-order chi connectivity index (χ0) is 19.8. The van der Waals surface area contributed by atoms with Crippen LogP contribution in [0.1, 0.15) is 49.9 Å². The van der Waals surface area contributed by atoms with Gasteiger partial charge in [0.25, 0.3) is 0 Å². The third-order valence-corrected chi connectivity index (χ3v) is 6.73. The molecule has 1 aromatic carbocycles. The van der Waals surface area contributed by atoms with Crippen molar-refractivity contribution in [3.05, 3.63) is 35.0 Å². The van der Waals surface area contributed by atoms with Gasteiger partial charge in [0.15, 0.2) is 0 Å². The van der Waals surface area contributed by atoms with E-state index >= 15 is 0 Å². The first kappa shape index (κ1) is 19.3. The summed E-state index contributed by atoms with van der Waals surface area (Å²) in [6.45, 7) is 9.60. The van der Waals surface area contributed by atoms with Crippen LogP contribution in [0.2, 0.25) is 0 Å². The van der Waals surface area contributed by atoms with Crippen molar-refractivity contribution in [3.63, 3.8) is 0 Å². The fourth-order valence-electron chi connectivity index (χ4n) is 5.34. The third kappa shape index (κ3) is 3.08.